The number of nitrogens with zero attached hydrogens (tertiary/aromatic N) is 2. The summed E-state index contributed by atoms with van der Waals surface area (Å²) >= 11 is 8.00. The van der Waals surface area contributed by atoms with Crippen LogP contribution in [0.25, 0.3) is 0 Å². The van der Waals surface area contributed by atoms with Crippen LogP contribution in [0.2, 0.25) is 5.02 Å². The fourth-order valence-corrected chi connectivity index (χ4v) is 6.03. The van der Waals surface area contributed by atoms with Crippen LogP contribution in [0.1, 0.15) is 41.6 Å². The Morgan fingerprint density at radius 3 is 2.03 bits per heavy atom. The maximum atomic E-state index is 6.21. The van der Waals surface area contributed by atoms with Crippen LogP contribution in [-0.2, 0) is 24.8 Å². The van der Waals surface area contributed by atoms with E-state index in [1.807, 2.05) is 12.1 Å². The Hall–Kier alpha value is -2.14. The molecule has 1 saturated carbocycles. The number of benzene rings is 3. The van der Waals surface area contributed by atoms with Gasteiger partial charge in [0.05, 0.1) is 0 Å². The summed E-state index contributed by atoms with van der Waals surface area (Å²) in [5.74, 6) is 0. The van der Waals surface area contributed by atoms with Gasteiger partial charge in [0, 0.05) is 34.6 Å². The van der Waals surface area contributed by atoms with Gasteiger partial charge in [-0.3, -0.25) is 4.99 Å². The third kappa shape index (κ3) is 5.40. The second-order valence-corrected chi connectivity index (χ2v) is 10.1. The van der Waals surface area contributed by atoms with Crippen molar-refractivity contribution in [2.75, 3.05) is 6.54 Å². The van der Waals surface area contributed by atoms with Gasteiger partial charge in [0.1, 0.15) is 0 Å². The molecule has 4 aromatic rings. The van der Waals surface area contributed by atoms with Crippen molar-refractivity contribution in [3.63, 3.8) is 0 Å². The minimum absolute atomic E-state index is 0. The van der Waals surface area contributed by atoms with Crippen LogP contribution in [0.4, 0.5) is 0 Å². The minimum Gasteiger partial charge on any atom is -0.320 e. The van der Waals surface area contributed by atoms with Crippen molar-refractivity contribution in [2.24, 2.45) is 4.99 Å². The molecule has 0 saturated heterocycles. The lowest BCUT2D eigenvalue weighted by atomic mass is 9.62. The summed E-state index contributed by atoms with van der Waals surface area (Å²) in [6.07, 6.45) is 5.60. The topological polar surface area (TPSA) is 17.3 Å². The molecule has 1 aliphatic rings. The molecule has 5 rings (SSSR count). The van der Waals surface area contributed by atoms with E-state index in [-0.39, 0.29) is 22.4 Å². The van der Waals surface area contributed by atoms with Crippen LogP contribution in [-0.4, -0.2) is 11.1 Å². The third-order valence-corrected chi connectivity index (χ3v) is 8.00. The largest absolute Gasteiger partial charge is 0.320 e. The zero-order chi connectivity index (χ0) is 22.5. The molecule has 0 aliphatic heterocycles. The smallest absolute Gasteiger partial charge is 0.184 e. The predicted octanol–water partition coefficient (Wildman–Crippen LogP) is 7.64. The van der Waals surface area contributed by atoms with Crippen molar-refractivity contribution in [1.82, 2.24) is 4.57 Å². The van der Waals surface area contributed by atoms with Crippen molar-refractivity contribution in [3.05, 3.63) is 123 Å². The van der Waals surface area contributed by atoms with E-state index in [0.717, 1.165) is 35.8 Å². The van der Waals surface area contributed by atoms with Gasteiger partial charge in [0.2, 0.25) is 0 Å². The Labute approximate surface area is 221 Å². The zero-order valence-electron chi connectivity index (χ0n) is 19.2. The Kier molecular flexibility index (Phi) is 8.46. The number of aryl methyl sites for hydroxylation is 1. The second-order valence-electron chi connectivity index (χ2n) is 8.85. The summed E-state index contributed by atoms with van der Waals surface area (Å²) in [5.41, 5.74) is 5.57. The highest BCUT2D eigenvalue weighted by Crippen LogP contribution is 2.49. The summed E-state index contributed by atoms with van der Waals surface area (Å²) in [7, 11) is 0. The van der Waals surface area contributed by atoms with Crippen LogP contribution >= 0.6 is 39.9 Å². The first-order chi connectivity index (χ1) is 16.2. The molecular formula is C29H30BrClN2S. The van der Waals surface area contributed by atoms with E-state index in [1.54, 1.807) is 11.3 Å². The molecule has 0 unspecified atom stereocenters. The molecule has 1 aromatic heterocycles. The van der Waals surface area contributed by atoms with Gasteiger partial charge in [-0.15, -0.1) is 28.3 Å². The zero-order valence-corrected chi connectivity index (χ0v) is 22.5. The van der Waals surface area contributed by atoms with E-state index in [4.69, 9.17) is 16.6 Å². The number of hydrogen-bond donors (Lipinski definition) is 0. The summed E-state index contributed by atoms with van der Waals surface area (Å²) < 4.78 is 2.50. The van der Waals surface area contributed by atoms with Crippen LogP contribution in [0.3, 0.4) is 0 Å². The molecule has 1 heterocycles. The summed E-state index contributed by atoms with van der Waals surface area (Å²) in [5, 5.41) is 3.16. The molecule has 0 amide bonds. The van der Waals surface area contributed by atoms with Gasteiger partial charge in [-0.05, 0) is 54.5 Å². The first kappa shape index (κ1) is 25.0. The minimum atomic E-state index is 0. The van der Waals surface area contributed by atoms with Gasteiger partial charge in [-0.2, -0.15) is 0 Å². The molecule has 3 aromatic carbocycles. The molecule has 0 bridgehead atoms. The maximum Gasteiger partial charge on any atom is 0.184 e. The highest BCUT2D eigenvalue weighted by molar-refractivity contribution is 8.93. The normalized spacial score (nSPS) is 14.9. The van der Waals surface area contributed by atoms with Crippen molar-refractivity contribution < 1.29 is 0 Å². The van der Waals surface area contributed by atoms with E-state index in [2.05, 4.69) is 82.7 Å². The van der Waals surface area contributed by atoms with Crippen molar-refractivity contribution in [3.8, 4) is 0 Å². The SMILES string of the molecule is Br.Clc1ccc(C2(c3cs/c(=N/CCc4ccccc4)n3CCc3ccccc3)CCC2)cc1. The highest BCUT2D eigenvalue weighted by atomic mass is 79.9. The van der Waals surface area contributed by atoms with E-state index in [9.17, 15) is 0 Å². The van der Waals surface area contributed by atoms with Crippen LogP contribution in [0.15, 0.2) is 95.3 Å². The number of thiazole rings is 1. The summed E-state index contributed by atoms with van der Waals surface area (Å²) in [4.78, 5) is 6.21. The lowest BCUT2D eigenvalue weighted by molar-refractivity contribution is 0.282. The standard InChI is InChI=1S/C29H29ClN2S.BrH/c30-26-14-12-25(13-15-26)29(18-7-19-29)27-22-33-28(31-20-16-23-8-3-1-4-9-23)32(27)21-17-24-10-5-2-6-11-24;/h1-6,8-15,22H,7,16-21H2;1H/b31-28+;. The van der Waals surface area contributed by atoms with Crippen molar-refractivity contribution in [2.45, 2.75) is 44.1 Å². The fraction of sp³-hybridized carbons (Fsp3) is 0.276. The van der Waals surface area contributed by atoms with Gasteiger partial charge in [-0.25, -0.2) is 0 Å². The number of aromatic nitrogens is 1. The molecular weight excluding hydrogens is 524 g/mol. The molecule has 1 fully saturated rings. The molecule has 0 radical (unpaired) electrons. The van der Waals surface area contributed by atoms with Crippen LogP contribution in [0.5, 0.6) is 0 Å². The second kappa shape index (κ2) is 11.5. The average molecular weight is 554 g/mol. The first-order valence-electron chi connectivity index (χ1n) is 11.8. The molecule has 1 aliphatic carbocycles. The van der Waals surface area contributed by atoms with Gasteiger partial charge in [0.15, 0.2) is 4.80 Å². The van der Waals surface area contributed by atoms with Gasteiger partial charge in [-0.1, -0.05) is 90.8 Å². The molecule has 176 valence electrons. The van der Waals surface area contributed by atoms with Gasteiger partial charge in [0.25, 0.3) is 0 Å². The van der Waals surface area contributed by atoms with Crippen LogP contribution in [0, 0.1) is 0 Å². The number of halogens is 2. The van der Waals surface area contributed by atoms with Gasteiger partial charge < -0.3 is 4.57 Å². The third-order valence-electron chi connectivity index (χ3n) is 6.85. The number of hydrogen-bond acceptors (Lipinski definition) is 2. The molecule has 0 atom stereocenters. The Morgan fingerprint density at radius 2 is 1.44 bits per heavy atom. The summed E-state index contributed by atoms with van der Waals surface area (Å²) in [6.45, 7) is 1.76. The predicted molar refractivity (Wildman–Crippen MR) is 149 cm³/mol. The molecule has 2 nitrogen and oxygen atoms in total. The van der Waals surface area contributed by atoms with E-state index in [1.165, 1.54) is 41.6 Å². The Morgan fingerprint density at radius 1 is 0.824 bits per heavy atom. The Bertz CT molecular complexity index is 1240. The highest BCUT2D eigenvalue weighted by Gasteiger charge is 2.42. The first-order valence-corrected chi connectivity index (χ1v) is 13.0. The number of rotatable bonds is 8. The monoisotopic (exact) mass is 552 g/mol. The lowest BCUT2D eigenvalue weighted by Crippen LogP contribution is -2.39. The maximum absolute atomic E-state index is 6.21. The van der Waals surface area contributed by atoms with E-state index >= 15 is 0 Å². The quantitative estimate of drug-likeness (QED) is 0.213. The summed E-state index contributed by atoms with van der Waals surface area (Å²) in [6, 6.07) is 29.9. The van der Waals surface area contributed by atoms with E-state index in [0.29, 0.717) is 0 Å². The van der Waals surface area contributed by atoms with Crippen molar-refractivity contribution in [1.29, 1.82) is 0 Å². The average Bonchev–Trinajstić information content (AvgIpc) is 3.22. The van der Waals surface area contributed by atoms with Crippen LogP contribution < -0.4 is 4.80 Å². The molecule has 5 heteroatoms. The molecule has 0 N–H and O–H groups in total. The molecule has 0 spiro atoms. The van der Waals surface area contributed by atoms with Gasteiger partial charge >= 0.3 is 0 Å². The lowest BCUT2D eigenvalue weighted by Gasteiger charge is -2.43. The fourth-order valence-electron chi connectivity index (χ4n) is 4.85. The van der Waals surface area contributed by atoms with Crippen molar-refractivity contribution >= 4 is 39.9 Å². The molecule has 34 heavy (non-hydrogen) atoms. The Balaban J connectivity index is 0.00000274. The van der Waals surface area contributed by atoms with E-state index < -0.39 is 0 Å².